The third kappa shape index (κ3) is 2.67. The minimum Gasteiger partial charge on any atom is -0.274 e. The number of amides is 1. The smallest absolute Gasteiger partial charge is 0.269 e. The topological polar surface area (TPSA) is 54.5 Å². The van der Waals surface area contributed by atoms with E-state index >= 15 is 0 Å². The van der Waals surface area contributed by atoms with Crippen LogP contribution in [0.4, 0.5) is 4.39 Å². The van der Waals surface area contributed by atoms with Crippen LogP contribution < -0.4 is 0 Å². The summed E-state index contributed by atoms with van der Waals surface area (Å²) in [7, 11) is -4.09. The standard InChI is InChI=1S/C12H13BrFNO3S/c1-2-8-5-12(16)15(7-8)19(17,18)11-4-3-9(13)6-10(11)14/h3-4,6,8H,2,5,7H2,1H3. The SMILES string of the molecule is CCC1CC(=O)N(S(=O)(=O)c2ccc(Br)cc2F)C1. The number of benzene rings is 1. The van der Waals surface area contributed by atoms with Crippen LogP contribution in [-0.2, 0) is 14.8 Å². The molecular formula is C12H13BrFNO3S. The molecule has 104 valence electrons. The molecule has 0 aromatic heterocycles. The van der Waals surface area contributed by atoms with Crippen molar-refractivity contribution in [3.8, 4) is 0 Å². The predicted octanol–water partition coefficient (Wildman–Crippen LogP) is 2.54. The summed E-state index contributed by atoms with van der Waals surface area (Å²) in [5, 5.41) is 0. The first-order chi connectivity index (χ1) is 8.86. The van der Waals surface area contributed by atoms with E-state index in [4.69, 9.17) is 0 Å². The monoisotopic (exact) mass is 349 g/mol. The third-order valence-electron chi connectivity index (χ3n) is 3.20. The van der Waals surface area contributed by atoms with Gasteiger partial charge in [0.2, 0.25) is 5.91 Å². The fraction of sp³-hybridized carbons (Fsp3) is 0.417. The molecule has 0 radical (unpaired) electrons. The molecule has 1 aliphatic heterocycles. The number of carbonyl (C=O) groups excluding carboxylic acids is 1. The van der Waals surface area contributed by atoms with Gasteiger partial charge in [0.05, 0.1) is 0 Å². The van der Waals surface area contributed by atoms with Gasteiger partial charge in [0.15, 0.2) is 0 Å². The molecule has 1 saturated heterocycles. The van der Waals surface area contributed by atoms with Crippen LogP contribution in [0.5, 0.6) is 0 Å². The van der Waals surface area contributed by atoms with Crippen molar-refractivity contribution in [2.24, 2.45) is 5.92 Å². The third-order valence-corrected chi connectivity index (χ3v) is 5.52. The van der Waals surface area contributed by atoms with Crippen molar-refractivity contribution < 1.29 is 17.6 Å². The van der Waals surface area contributed by atoms with Crippen LogP contribution in [-0.4, -0.2) is 25.2 Å². The molecule has 1 aliphatic rings. The molecule has 1 atom stereocenters. The Labute approximate surface area is 119 Å². The van der Waals surface area contributed by atoms with E-state index in [1.807, 2.05) is 6.92 Å². The van der Waals surface area contributed by atoms with Gasteiger partial charge in [-0.3, -0.25) is 4.79 Å². The molecule has 1 unspecified atom stereocenters. The Kier molecular flexibility index (Phi) is 3.96. The van der Waals surface area contributed by atoms with E-state index in [9.17, 15) is 17.6 Å². The van der Waals surface area contributed by atoms with Gasteiger partial charge >= 0.3 is 0 Å². The van der Waals surface area contributed by atoms with Crippen LogP contribution in [0.25, 0.3) is 0 Å². The average molecular weight is 350 g/mol. The largest absolute Gasteiger partial charge is 0.274 e. The van der Waals surface area contributed by atoms with E-state index in [1.165, 1.54) is 12.1 Å². The van der Waals surface area contributed by atoms with Gasteiger partial charge in [0.25, 0.3) is 10.0 Å². The molecule has 0 spiro atoms. The Morgan fingerprint density at radius 2 is 2.16 bits per heavy atom. The molecule has 0 aliphatic carbocycles. The van der Waals surface area contributed by atoms with Gasteiger partial charge in [0.1, 0.15) is 10.7 Å². The summed E-state index contributed by atoms with van der Waals surface area (Å²) in [5.74, 6) is -1.31. The number of nitrogens with zero attached hydrogens (tertiary/aromatic N) is 1. The number of rotatable bonds is 3. The second kappa shape index (κ2) is 5.20. The summed E-state index contributed by atoms with van der Waals surface area (Å²) < 4.78 is 39.6. The highest BCUT2D eigenvalue weighted by Gasteiger charge is 2.38. The van der Waals surface area contributed by atoms with E-state index in [0.29, 0.717) is 4.47 Å². The molecule has 1 aromatic rings. The van der Waals surface area contributed by atoms with Crippen molar-refractivity contribution in [3.05, 3.63) is 28.5 Å². The number of hydrogen-bond acceptors (Lipinski definition) is 3. The lowest BCUT2D eigenvalue weighted by Crippen LogP contribution is -2.33. The maximum Gasteiger partial charge on any atom is 0.269 e. The van der Waals surface area contributed by atoms with E-state index in [0.717, 1.165) is 16.8 Å². The maximum absolute atomic E-state index is 13.8. The Morgan fingerprint density at radius 1 is 1.47 bits per heavy atom. The lowest BCUT2D eigenvalue weighted by atomic mass is 10.1. The van der Waals surface area contributed by atoms with Gasteiger partial charge in [0, 0.05) is 17.4 Å². The van der Waals surface area contributed by atoms with Crippen molar-refractivity contribution in [2.75, 3.05) is 6.54 Å². The van der Waals surface area contributed by atoms with E-state index in [-0.39, 0.29) is 18.9 Å². The van der Waals surface area contributed by atoms with Crippen molar-refractivity contribution in [1.29, 1.82) is 0 Å². The van der Waals surface area contributed by atoms with Gasteiger partial charge in [-0.15, -0.1) is 0 Å². The Bertz CT molecular complexity index is 617. The molecule has 1 amide bonds. The summed E-state index contributed by atoms with van der Waals surface area (Å²) in [6.07, 6.45) is 0.925. The first-order valence-electron chi connectivity index (χ1n) is 5.87. The van der Waals surface area contributed by atoms with E-state index in [1.54, 1.807) is 0 Å². The van der Waals surface area contributed by atoms with Crippen LogP contribution in [0.1, 0.15) is 19.8 Å². The molecular weight excluding hydrogens is 337 g/mol. The van der Waals surface area contributed by atoms with Crippen LogP contribution in [0.3, 0.4) is 0 Å². The normalized spacial score (nSPS) is 20.1. The van der Waals surface area contributed by atoms with Gasteiger partial charge in [-0.1, -0.05) is 29.3 Å². The van der Waals surface area contributed by atoms with Crippen LogP contribution >= 0.6 is 15.9 Å². The highest BCUT2D eigenvalue weighted by atomic mass is 79.9. The fourth-order valence-electron chi connectivity index (χ4n) is 2.06. The Balaban J connectivity index is 2.40. The Hall–Kier alpha value is -0.950. The predicted molar refractivity (Wildman–Crippen MR) is 71.4 cm³/mol. The molecule has 7 heteroatoms. The molecule has 19 heavy (non-hydrogen) atoms. The first-order valence-corrected chi connectivity index (χ1v) is 8.10. The van der Waals surface area contributed by atoms with Crippen LogP contribution in [0, 0.1) is 11.7 Å². The summed E-state index contributed by atoms with van der Waals surface area (Å²) in [5.41, 5.74) is 0. The average Bonchev–Trinajstić information content (AvgIpc) is 2.70. The maximum atomic E-state index is 13.8. The molecule has 1 fully saturated rings. The number of halogens is 2. The lowest BCUT2D eigenvalue weighted by Gasteiger charge is -2.17. The van der Waals surface area contributed by atoms with Gasteiger partial charge in [-0.2, -0.15) is 0 Å². The zero-order chi connectivity index (χ0) is 14.2. The number of hydrogen-bond donors (Lipinski definition) is 0. The summed E-state index contributed by atoms with van der Waals surface area (Å²) >= 11 is 3.06. The van der Waals surface area contributed by atoms with Gasteiger partial charge in [-0.25, -0.2) is 17.1 Å². The number of sulfonamides is 1. The summed E-state index contributed by atoms with van der Waals surface area (Å²) in [6.45, 7) is 2.03. The van der Waals surface area contributed by atoms with Gasteiger partial charge < -0.3 is 0 Å². The van der Waals surface area contributed by atoms with E-state index < -0.39 is 26.6 Å². The van der Waals surface area contributed by atoms with Gasteiger partial charge in [-0.05, 0) is 24.1 Å². The number of carbonyl (C=O) groups is 1. The highest BCUT2D eigenvalue weighted by molar-refractivity contribution is 9.10. The zero-order valence-corrected chi connectivity index (χ0v) is 12.7. The first kappa shape index (κ1) is 14.5. The van der Waals surface area contributed by atoms with Crippen molar-refractivity contribution in [1.82, 2.24) is 4.31 Å². The minimum absolute atomic E-state index is 0.0146. The lowest BCUT2D eigenvalue weighted by molar-refractivity contribution is -0.123. The molecule has 1 aromatic carbocycles. The Morgan fingerprint density at radius 3 is 2.68 bits per heavy atom. The second-order valence-electron chi connectivity index (χ2n) is 4.48. The highest BCUT2D eigenvalue weighted by Crippen LogP contribution is 2.29. The van der Waals surface area contributed by atoms with Crippen molar-refractivity contribution >= 4 is 31.9 Å². The summed E-state index contributed by atoms with van der Waals surface area (Å²) in [4.78, 5) is 11.3. The molecule has 0 N–H and O–H groups in total. The van der Waals surface area contributed by atoms with Crippen LogP contribution in [0.15, 0.2) is 27.6 Å². The van der Waals surface area contributed by atoms with E-state index in [2.05, 4.69) is 15.9 Å². The zero-order valence-electron chi connectivity index (χ0n) is 10.3. The molecule has 0 saturated carbocycles. The minimum atomic E-state index is -4.09. The quantitative estimate of drug-likeness (QED) is 0.842. The van der Waals surface area contributed by atoms with Crippen molar-refractivity contribution in [3.63, 3.8) is 0 Å². The fourth-order valence-corrected chi connectivity index (χ4v) is 3.92. The summed E-state index contributed by atoms with van der Waals surface area (Å²) in [6, 6.07) is 3.68. The second-order valence-corrected chi connectivity index (χ2v) is 7.23. The van der Waals surface area contributed by atoms with Crippen LogP contribution in [0.2, 0.25) is 0 Å². The molecule has 2 rings (SSSR count). The molecule has 1 heterocycles. The molecule has 0 bridgehead atoms. The van der Waals surface area contributed by atoms with Crippen molar-refractivity contribution in [2.45, 2.75) is 24.7 Å². The molecule has 4 nitrogen and oxygen atoms in total.